The first-order chi connectivity index (χ1) is 7.22. The molecule has 4 heteroatoms. The molecule has 1 aliphatic heterocycles. The Morgan fingerprint density at radius 2 is 2.07 bits per heavy atom. The van der Waals surface area contributed by atoms with Crippen LogP contribution in [0.3, 0.4) is 0 Å². The molecule has 0 fully saturated rings. The van der Waals surface area contributed by atoms with E-state index in [0.29, 0.717) is 5.02 Å². The minimum atomic E-state index is -0.226. The first kappa shape index (κ1) is 10.5. The van der Waals surface area contributed by atoms with Crippen LogP contribution in [0, 0.1) is 5.92 Å². The summed E-state index contributed by atoms with van der Waals surface area (Å²) in [6.45, 7) is 1.98. The Morgan fingerprint density at radius 1 is 1.40 bits per heavy atom. The topological polar surface area (TPSA) is 41.8 Å². The van der Waals surface area contributed by atoms with Crippen molar-refractivity contribution in [2.24, 2.45) is 11.1 Å². The van der Waals surface area contributed by atoms with Crippen molar-refractivity contribution in [2.45, 2.75) is 13.0 Å². The summed E-state index contributed by atoms with van der Waals surface area (Å²) in [6.07, 6.45) is -0.226. The normalized spacial score (nSPS) is 24.9. The lowest BCUT2D eigenvalue weighted by molar-refractivity contribution is 0.0211. The van der Waals surface area contributed by atoms with Gasteiger partial charge in [0.2, 0.25) is 0 Å². The number of hydrogen-bond acceptors (Lipinski definition) is 3. The van der Waals surface area contributed by atoms with Gasteiger partial charge < -0.3 is 9.94 Å². The molecule has 0 aliphatic carbocycles. The predicted molar refractivity (Wildman–Crippen MR) is 59.1 cm³/mol. The summed E-state index contributed by atoms with van der Waals surface area (Å²) in [5.41, 5.74) is 1.86. The van der Waals surface area contributed by atoms with Crippen LogP contribution in [0.25, 0.3) is 0 Å². The van der Waals surface area contributed by atoms with Crippen LogP contribution in [-0.4, -0.2) is 23.5 Å². The van der Waals surface area contributed by atoms with E-state index < -0.39 is 0 Å². The van der Waals surface area contributed by atoms with Crippen molar-refractivity contribution < 1.29 is 9.94 Å². The second kappa shape index (κ2) is 4.21. The van der Waals surface area contributed by atoms with Crippen molar-refractivity contribution in [2.75, 3.05) is 6.61 Å². The molecule has 0 saturated heterocycles. The number of oxime groups is 1. The number of benzene rings is 1. The van der Waals surface area contributed by atoms with Crippen LogP contribution in [0.4, 0.5) is 0 Å². The predicted octanol–water partition coefficient (Wildman–Crippen LogP) is 2.07. The van der Waals surface area contributed by atoms with E-state index in [0.717, 1.165) is 11.3 Å². The van der Waals surface area contributed by atoms with E-state index in [1.807, 2.05) is 31.2 Å². The third kappa shape index (κ3) is 1.98. The molecule has 0 bridgehead atoms. The van der Waals surface area contributed by atoms with E-state index in [-0.39, 0.29) is 18.6 Å². The Labute approximate surface area is 93.3 Å². The third-order valence-corrected chi connectivity index (χ3v) is 2.85. The van der Waals surface area contributed by atoms with Gasteiger partial charge in [0.05, 0.1) is 12.3 Å². The molecule has 1 N–H and O–H groups in total. The monoisotopic (exact) mass is 225 g/mol. The van der Waals surface area contributed by atoms with Gasteiger partial charge in [-0.25, -0.2) is 0 Å². The fourth-order valence-corrected chi connectivity index (χ4v) is 1.73. The van der Waals surface area contributed by atoms with Crippen LogP contribution in [-0.2, 0) is 4.84 Å². The van der Waals surface area contributed by atoms with E-state index in [2.05, 4.69) is 5.16 Å². The van der Waals surface area contributed by atoms with Gasteiger partial charge >= 0.3 is 0 Å². The Bertz CT molecular complexity index is 375. The molecule has 3 nitrogen and oxygen atoms in total. The minimum absolute atomic E-state index is 0.0121. The van der Waals surface area contributed by atoms with E-state index >= 15 is 0 Å². The second-order valence-corrected chi connectivity index (χ2v) is 4.03. The zero-order valence-electron chi connectivity index (χ0n) is 8.35. The van der Waals surface area contributed by atoms with Gasteiger partial charge in [-0.1, -0.05) is 35.8 Å². The first-order valence-corrected chi connectivity index (χ1v) is 5.20. The molecular weight excluding hydrogens is 214 g/mol. The van der Waals surface area contributed by atoms with Crippen LogP contribution in [0.5, 0.6) is 0 Å². The maximum atomic E-state index is 9.03. The van der Waals surface area contributed by atoms with Crippen molar-refractivity contribution >= 4 is 17.3 Å². The average Bonchev–Trinajstić information content (AvgIpc) is 2.61. The first-order valence-electron chi connectivity index (χ1n) is 4.83. The van der Waals surface area contributed by atoms with Crippen molar-refractivity contribution in [3.8, 4) is 0 Å². The number of nitrogens with zero attached hydrogens (tertiary/aromatic N) is 1. The molecule has 1 aromatic carbocycles. The number of aliphatic hydroxyl groups is 1. The summed E-state index contributed by atoms with van der Waals surface area (Å²) < 4.78 is 0. The summed E-state index contributed by atoms with van der Waals surface area (Å²) >= 11 is 5.80. The lowest BCUT2D eigenvalue weighted by atomic mass is 9.95. The van der Waals surface area contributed by atoms with Crippen LogP contribution in [0.1, 0.15) is 12.5 Å². The van der Waals surface area contributed by atoms with Crippen molar-refractivity contribution in [1.82, 2.24) is 0 Å². The minimum Gasteiger partial charge on any atom is -0.392 e. The third-order valence-electron chi connectivity index (χ3n) is 2.60. The molecule has 1 aromatic rings. The molecule has 1 heterocycles. The van der Waals surface area contributed by atoms with Crippen LogP contribution in [0.15, 0.2) is 29.4 Å². The van der Waals surface area contributed by atoms with Gasteiger partial charge in [0.15, 0.2) is 6.10 Å². The van der Waals surface area contributed by atoms with Crippen LogP contribution < -0.4 is 0 Å². The fraction of sp³-hybridized carbons (Fsp3) is 0.364. The highest BCUT2D eigenvalue weighted by Crippen LogP contribution is 2.23. The second-order valence-electron chi connectivity index (χ2n) is 3.60. The summed E-state index contributed by atoms with van der Waals surface area (Å²) in [4.78, 5) is 5.12. The van der Waals surface area contributed by atoms with Gasteiger partial charge in [0, 0.05) is 10.9 Å². The fourth-order valence-electron chi connectivity index (χ4n) is 1.60. The van der Waals surface area contributed by atoms with Gasteiger partial charge in [-0.2, -0.15) is 0 Å². The highest BCUT2D eigenvalue weighted by Gasteiger charge is 2.30. The van der Waals surface area contributed by atoms with E-state index in [1.165, 1.54) is 0 Å². The summed E-state index contributed by atoms with van der Waals surface area (Å²) in [6, 6.07) is 7.44. The van der Waals surface area contributed by atoms with Gasteiger partial charge in [-0.05, 0) is 17.7 Å². The van der Waals surface area contributed by atoms with E-state index in [4.69, 9.17) is 21.5 Å². The summed E-state index contributed by atoms with van der Waals surface area (Å²) in [7, 11) is 0. The zero-order chi connectivity index (χ0) is 10.8. The molecule has 0 spiro atoms. The van der Waals surface area contributed by atoms with E-state index in [1.54, 1.807) is 0 Å². The zero-order valence-corrected chi connectivity index (χ0v) is 9.11. The molecule has 0 amide bonds. The lowest BCUT2D eigenvalue weighted by Crippen LogP contribution is -2.24. The maximum Gasteiger partial charge on any atom is 0.158 e. The molecule has 2 rings (SSSR count). The van der Waals surface area contributed by atoms with Gasteiger partial charge in [-0.15, -0.1) is 0 Å². The SMILES string of the molecule is C[C@H]1C(c2ccc(Cl)cc2)=NO[C@@H]1CO. The number of hydrogen-bond donors (Lipinski definition) is 1. The van der Waals surface area contributed by atoms with Gasteiger partial charge in [0.25, 0.3) is 0 Å². The molecule has 0 unspecified atom stereocenters. The summed E-state index contributed by atoms with van der Waals surface area (Å²) in [5.74, 6) is 0.108. The number of aliphatic hydroxyl groups excluding tert-OH is 1. The number of rotatable bonds is 2. The maximum absolute atomic E-state index is 9.03. The van der Waals surface area contributed by atoms with Gasteiger partial charge in [-0.3, -0.25) is 0 Å². The smallest absolute Gasteiger partial charge is 0.158 e. The van der Waals surface area contributed by atoms with Crippen LogP contribution >= 0.6 is 11.6 Å². The molecule has 0 radical (unpaired) electrons. The lowest BCUT2D eigenvalue weighted by Gasteiger charge is -2.11. The molecule has 0 saturated carbocycles. The molecule has 80 valence electrons. The quantitative estimate of drug-likeness (QED) is 0.837. The average molecular weight is 226 g/mol. The summed E-state index contributed by atoms with van der Waals surface area (Å²) in [5, 5.41) is 13.7. The van der Waals surface area contributed by atoms with Crippen molar-refractivity contribution in [1.29, 1.82) is 0 Å². The van der Waals surface area contributed by atoms with Crippen molar-refractivity contribution in [3.05, 3.63) is 34.9 Å². The molecule has 0 aromatic heterocycles. The Balaban J connectivity index is 2.22. The molecule has 15 heavy (non-hydrogen) atoms. The van der Waals surface area contributed by atoms with Gasteiger partial charge in [0.1, 0.15) is 0 Å². The number of halogens is 1. The molecule has 2 atom stereocenters. The molecular formula is C11H12ClNO2. The highest BCUT2D eigenvalue weighted by molar-refractivity contribution is 6.30. The highest BCUT2D eigenvalue weighted by atomic mass is 35.5. The van der Waals surface area contributed by atoms with E-state index in [9.17, 15) is 0 Å². The Kier molecular flexibility index (Phi) is 2.93. The largest absolute Gasteiger partial charge is 0.392 e. The molecule has 1 aliphatic rings. The standard InChI is InChI=1S/C11H12ClNO2/c1-7-10(6-14)15-13-11(7)8-2-4-9(12)5-3-8/h2-5,7,10,14H,6H2,1H3/t7-,10-/m1/s1. The Hall–Kier alpha value is -1.06. The van der Waals surface area contributed by atoms with Crippen molar-refractivity contribution in [3.63, 3.8) is 0 Å². The van der Waals surface area contributed by atoms with Crippen LogP contribution in [0.2, 0.25) is 5.02 Å². The Morgan fingerprint density at radius 3 is 2.60 bits per heavy atom.